The number of rotatable bonds is 15. The van der Waals surface area contributed by atoms with Crippen molar-refractivity contribution < 1.29 is 49.0 Å². The van der Waals surface area contributed by atoms with E-state index in [0.29, 0.717) is 19.3 Å². The second-order valence-electron chi connectivity index (χ2n) is 6.83. The van der Waals surface area contributed by atoms with E-state index < -0.39 is 48.0 Å². The molecule has 0 spiro atoms. The van der Waals surface area contributed by atoms with Crippen LogP contribution in [0.2, 0.25) is 0 Å². The topological polar surface area (TPSA) is 26.3 Å². The molecule has 0 rings (SSSR count). The van der Waals surface area contributed by atoms with Gasteiger partial charge in [-0.15, -0.1) is 11.8 Å². The van der Waals surface area contributed by atoms with Gasteiger partial charge in [0.1, 0.15) is 5.25 Å². The van der Waals surface area contributed by atoms with Crippen LogP contribution < -0.4 is 0 Å². The minimum Gasteiger partial charge on any atom is -0.465 e. The molecular formula is C18H27F9O2S. The van der Waals surface area contributed by atoms with Crippen molar-refractivity contribution in [1.82, 2.24) is 0 Å². The van der Waals surface area contributed by atoms with E-state index in [1.54, 1.807) is 0 Å². The van der Waals surface area contributed by atoms with Crippen molar-refractivity contribution in [2.24, 2.45) is 0 Å². The molecule has 0 aromatic carbocycles. The van der Waals surface area contributed by atoms with E-state index in [1.165, 1.54) is 0 Å². The van der Waals surface area contributed by atoms with Crippen LogP contribution in [0.4, 0.5) is 39.5 Å². The van der Waals surface area contributed by atoms with Crippen LogP contribution in [0.15, 0.2) is 0 Å². The fourth-order valence-corrected chi connectivity index (χ4v) is 3.48. The third-order valence-corrected chi connectivity index (χ3v) is 5.59. The van der Waals surface area contributed by atoms with Gasteiger partial charge in [0.2, 0.25) is 0 Å². The van der Waals surface area contributed by atoms with E-state index in [1.807, 2.05) is 13.8 Å². The maximum Gasteiger partial charge on any atom is 0.460 e. The summed E-state index contributed by atoms with van der Waals surface area (Å²) in [5, 5.41) is -0.751. The van der Waals surface area contributed by atoms with Gasteiger partial charge < -0.3 is 4.74 Å². The summed E-state index contributed by atoms with van der Waals surface area (Å²) in [5.41, 5.74) is 0. The minimum atomic E-state index is -6.87. The summed E-state index contributed by atoms with van der Waals surface area (Å²) in [6.07, 6.45) is -5.49. The van der Waals surface area contributed by atoms with E-state index in [0.717, 1.165) is 31.0 Å². The Labute approximate surface area is 174 Å². The van der Waals surface area contributed by atoms with Gasteiger partial charge in [0.25, 0.3) is 0 Å². The maximum atomic E-state index is 13.5. The van der Waals surface area contributed by atoms with Crippen LogP contribution in [0, 0.1) is 0 Å². The molecule has 0 aliphatic carbocycles. The standard InChI is InChI=1S/C18H27F9O2S/c1-3-5-7-9-13(14(28)29-11-6-4-2)30-12-8-10-15(19,20)16(21,22)17(23,24)18(25,26)27/h13H,3-12H2,1-2H3. The number of alkyl halides is 9. The molecule has 0 saturated heterocycles. The van der Waals surface area contributed by atoms with Crippen LogP contribution in [0.5, 0.6) is 0 Å². The van der Waals surface area contributed by atoms with Crippen molar-refractivity contribution in [2.75, 3.05) is 12.4 Å². The predicted molar refractivity (Wildman–Crippen MR) is 96.4 cm³/mol. The Morgan fingerprint density at radius 2 is 1.40 bits per heavy atom. The second-order valence-corrected chi connectivity index (χ2v) is 8.14. The number of unbranched alkanes of at least 4 members (excludes halogenated alkanes) is 3. The fourth-order valence-electron chi connectivity index (χ4n) is 2.34. The lowest BCUT2D eigenvalue weighted by Gasteiger charge is -2.33. The molecule has 0 N–H and O–H groups in total. The SMILES string of the molecule is CCCCCC(SCCCC(F)(F)C(F)(F)C(F)(F)C(F)(F)F)C(=O)OCCCC. The Morgan fingerprint density at radius 3 is 1.90 bits per heavy atom. The molecule has 0 radical (unpaired) electrons. The molecule has 12 heteroatoms. The molecule has 0 aliphatic heterocycles. The summed E-state index contributed by atoms with van der Waals surface area (Å²) in [4.78, 5) is 12.1. The second kappa shape index (κ2) is 12.3. The third-order valence-electron chi connectivity index (χ3n) is 4.24. The Morgan fingerprint density at radius 1 is 0.833 bits per heavy atom. The Kier molecular flexibility index (Phi) is 12.0. The molecule has 0 aliphatic rings. The zero-order valence-corrected chi connectivity index (χ0v) is 17.6. The van der Waals surface area contributed by atoms with Crippen LogP contribution in [0.3, 0.4) is 0 Å². The molecule has 0 aromatic rings. The van der Waals surface area contributed by atoms with Crippen LogP contribution in [0.25, 0.3) is 0 Å². The average Bonchev–Trinajstić information content (AvgIpc) is 2.62. The molecular weight excluding hydrogens is 451 g/mol. The summed E-state index contributed by atoms with van der Waals surface area (Å²) >= 11 is 0.840. The van der Waals surface area contributed by atoms with Crippen LogP contribution in [-0.2, 0) is 9.53 Å². The molecule has 180 valence electrons. The van der Waals surface area contributed by atoms with Gasteiger partial charge in [0, 0.05) is 6.42 Å². The highest BCUT2D eigenvalue weighted by molar-refractivity contribution is 8.00. The van der Waals surface area contributed by atoms with E-state index in [4.69, 9.17) is 4.74 Å². The van der Waals surface area contributed by atoms with Crippen molar-refractivity contribution >= 4 is 17.7 Å². The van der Waals surface area contributed by atoms with Gasteiger partial charge in [-0.2, -0.15) is 39.5 Å². The molecule has 0 fully saturated rings. The van der Waals surface area contributed by atoms with Gasteiger partial charge >= 0.3 is 29.9 Å². The number of thioether (sulfide) groups is 1. The molecule has 0 aromatic heterocycles. The maximum absolute atomic E-state index is 13.5. The van der Waals surface area contributed by atoms with Crippen molar-refractivity contribution in [3.05, 3.63) is 0 Å². The first-order valence-corrected chi connectivity index (χ1v) is 10.7. The van der Waals surface area contributed by atoms with E-state index in [2.05, 4.69) is 0 Å². The first-order chi connectivity index (χ1) is 13.7. The Hall–Kier alpha value is -0.810. The quantitative estimate of drug-likeness (QED) is 0.141. The lowest BCUT2D eigenvalue weighted by Crippen LogP contribution is -2.60. The van der Waals surface area contributed by atoms with Gasteiger partial charge in [0.15, 0.2) is 0 Å². The van der Waals surface area contributed by atoms with E-state index >= 15 is 0 Å². The first-order valence-electron chi connectivity index (χ1n) is 9.64. The summed E-state index contributed by atoms with van der Waals surface area (Å²) in [7, 11) is 0. The van der Waals surface area contributed by atoms with Crippen LogP contribution in [0.1, 0.15) is 65.2 Å². The van der Waals surface area contributed by atoms with Gasteiger partial charge in [-0.25, -0.2) is 0 Å². The van der Waals surface area contributed by atoms with Crippen LogP contribution in [-0.4, -0.2) is 47.5 Å². The Bertz CT molecular complexity index is 510. The van der Waals surface area contributed by atoms with Gasteiger partial charge in [-0.3, -0.25) is 4.79 Å². The lowest BCUT2D eigenvalue weighted by atomic mass is 10.00. The summed E-state index contributed by atoms with van der Waals surface area (Å²) < 4.78 is 121. The smallest absolute Gasteiger partial charge is 0.460 e. The third kappa shape index (κ3) is 8.03. The number of carbonyl (C=O) groups is 1. The fraction of sp³-hybridized carbons (Fsp3) is 0.944. The number of ether oxygens (including phenoxy) is 1. The molecule has 1 unspecified atom stereocenters. The monoisotopic (exact) mass is 478 g/mol. The van der Waals surface area contributed by atoms with E-state index in [9.17, 15) is 44.3 Å². The average molecular weight is 478 g/mol. The highest BCUT2D eigenvalue weighted by atomic mass is 32.2. The van der Waals surface area contributed by atoms with Gasteiger partial charge in [-0.05, 0) is 25.0 Å². The van der Waals surface area contributed by atoms with Gasteiger partial charge in [-0.1, -0.05) is 39.5 Å². The first kappa shape index (κ1) is 29.2. The van der Waals surface area contributed by atoms with Crippen molar-refractivity contribution in [3.8, 4) is 0 Å². The number of esters is 1. The zero-order chi connectivity index (χ0) is 23.6. The summed E-state index contributed by atoms with van der Waals surface area (Å²) in [6, 6.07) is 0. The molecule has 0 saturated carbocycles. The number of halogens is 9. The highest BCUT2D eigenvalue weighted by Gasteiger charge is 2.81. The highest BCUT2D eigenvalue weighted by Crippen LogP contribution is 2.54. The van der Waals surface area contributed by atoms with Crippen molar-refractivity contribution in [3.63, 3.8) is 0 Å². The van der Waals surface area contributed by atoms with E-state index in [-0.39, 0.29) is 12.4 Å². The number of hydrogen-bond acceptors (Lipinski definition) is 3. The molecule has 2 nitrogen and oxygen atoms in total. The largest absolute Gasteiger partial charge is 0.465 e. The molecule has 0 heterocycles. The van der Waals surface area contributed by atoms with Crippen LogP contribution >= 0.6 is 11.8 Å². The normalized spacial score (nSPS) is 14.6. The predicted octanol–water partition coefficient (Wildman–Crippen LogP) is 7.26. The summed E-state index contributed by atoms with van der Waals surface area (Å²) in [6.45, 7) is 3.96. The minimum absolute atomic E-state index is 0.164. The lowest BCUT2D eigenvalue weighted by molar-refractivity contribution is -0.396. The molecule has 30 heavy (non-hydrogen) atoms. The number of carbonyl (C=O) groups excluding carboxylic acids is 1. The van der Waals surface area contributed by atoms with Gasteiger partial charge in [0.05, 0.1) is 6.61 Å². The Balaban J connectivity index is 4.87. The summed E-state index contributed by atoms with van der Waals surface area (Å²) in [5.74, 6) is -19.9. The van der Waals surface area contributed by atoms with Crippen molar-refractivity contribution in [2.45, 2.75) is 94.4 Å². The van der Waals surface area contributed by atoms with Crippen molar-refractivity contribution in [1.29, 1.82) is 0 Å². The zero-order valence-electron chi connectivity index (χ0n) is 16.8. The molecule has 1 atom stereocenters. The number of hydrogen-bond donors (Lipinski definition) is 0. The molecule has 0 bridgehead atoms. The molecule has 0 amide bonds.